The highest BCUT2D eigenvalue weighted by Crippen LogP contribution is 2.16. The first kappa shape index (κ1) is 12.5. The Morgan fingerprint density at radius 3 is 2.60 bits per heavy atom. The number of hydrogen-bond acceptors (Lipinski definition) is 2. The van der Waals surface area contributed by atoms with Crippen LogP contribution in [-0.4, -0.2) is 15.0 Å². The fourth-order valence-electron chi connectivity index (χ4n) is 1.13. The summed E-state index contributed by atoms with van der Waals surface area (Å²) < 4.78 is 25.6. The molecule has 1 aromatic rings. The van der Waals surface area contributed by atoms with Crippen molar-refractivity contribution in [1.82, 2.24) is 4.72 Å². The SMILES string of the molecule is CCCNS(=O)(=O)Cc1ccccc1Cl. The largest absolute Gasteiger partial charge is 0.215 e. The molecule has 0 aromatic heterocycles. The summed E-state index contributed by atoms with van der Waals surface area (Å²) in [4.78, 5) is 0. The normalized spacial score (nSPS) is 11.6. The Balaban J connectivity index is 2.74. The maximum absolute atomic E-state index is 11.5. The van der Waals surface area contributed by atoms with E-state index in [0.29, 0.717) is 17.1 Å². The van der Waals surface area contributed by atoms with E-state index in [2.05, 4.69) is 4.72 Å². The zero-order valence-corrected chi connectivity index (χ0v) is 10.1. The Morgan fingerprint density at radius 1 is 1.33 bits per heavy atom. The first-order chi connectivity index (χ1) is 7.05. The van der Waals surface area contributed by atoms with Gasteiger partial charge in [0.15, 0.2) is 0 Å². The average molecular weight is 248 g/mol. The molecular formula is C10H14ClNO2S. The van der Waals surface area contributed by atoms with E-state index in [1.165, 1.54) is 0 Å². The fourth-order valence-corrected chi connectivity index (χ4v) is 2.69. The van der Waals surface area contributed by atoms with Gasteiger partial charge in [-0.3, -0.25) is 0 Å². The van der Waals surface area contributed by atoms with E-state index in [-0.39, 0.29) is 5.75 Å². The fraction of sp³-hybridized carbons (Fsp3) is 0.400. The average Bonchev–Trinajstić information content (AvgIpc) is 2.18. The van der Waals surface area contributed by atoms with Crippen LogP contribution in [0.1, 0.15) is 18.9 Å². The van der Waals surface area contributed by atoms with Crippen LogP contribution in [0.25, 0.3) is 0 Å². The first-order valence-corrected chi connectivity index (χ1v) is 6.79. The highest BCUT2D eigenvalue weighted by atomic mass is 35.5. The summed E-state index contributed by atoms with van der Waals surface area (Å²) >= 11 is 5.87. The molecule has 0 radical (unpaired) electrons. The van der Waals surface area contributed by atoms with Crippen molar-refractivity contribution in [3.05, 3.63) is 34.9 Å². The standard InChI is InChI=1S/C10H14ClNO2S/c1-2-7-12-15(13,14)8-9-5-3-4-6-10(9)11/h3-6,12H,2,7-8H2,1H3. The van der Waals surface area contributed by atoms with Gasteiger partial charge in [-0.05, 0) is 18.1 Å². The Kier molecular flexibility index (Phi) is 4.57. The van der Waals surface area contributed by atoms with Gasteiger partial charge >= 0.3 is 0 Å². The van der Waals surface area contributed by atoms with Gasteiger partial charge in [0.2, 0.25) is 10.0 Å². The maximum atomic E-state index is 11.5. The highest BCUT2D eigenvalue weighted by molar-refractivity contribution is 7.88. The Labute approximate surface area is 95.5 Å². The molecule has 0 amide bonds. The van der Waals surface area contributed by atoms with Gasteiger partial charge in [0.25, 0.3) is 0 Å². The second kappa shape index (κ2) is 5.49. The van der Waals surface area contributed by atoms with Crippen LogP contribution in [0.3, 0.4) is 0 Å². The van der Waals surface area contributed by atoms with Gasteiger partial charge in [-0.15, -0.1) is 0 Å². The number of benzene rings is 1. The second-order valence-electron chi connectivity index (χ2n) is 3.24. The third-order valence-corrected chi connectivity index (χ3v) is 3.58. The summed E-state index contributed by atoms with van der Waals surface area (Å²) in [6.07, 6.45) is 0.780. The highest BCUT2D eigenvalue weighted by Gasteiger charge is 2.12. The number of nitrogens with one attached hydrogen (secondary N) is 1. The van der Waals surface area contributed by atoms with Crippen molar-refractivity contribution in [3.63, 3.8) is 0 Å². The maximum Gasteiger partial charge on any atom is 0.215 e. The summed E-state index contributed by atoms with van der Waals surface area (Å²) in [6.45, 7) is 2.38. The molecule has 1 N–H and O–H groups in total. The Morgan fingerprint density at radius 2 is 2.00 bits per heavy atom. The predicted molar refractivity (Wildman–Crippen MR) is 62.4 cm³/mol. The molecule has 0 atom stereocenters. The van der Waals surface area contributed by atoms with Gasteiger partial charge in [-0.25, -0.2) is 13.1 Å². The molecule has 0 bridgehead atoms. The van der Waals surface area contributed by atoms with Crippen LogP contribution in [0.15, 0.2) is 24.3 Å². The molecule has 0 aliphatic carbocycles. The monoisotopic (exact) mass is 247 g/mol. The number of hydrogen-bond donors (Lipinski definition) is 1. The van der Waals surface area contributed by atoms with Crippen LogP contribution in [0.2, 0.25) is 5.02 Å². The molecule has 0 saturated carbocycles. The molecule has 15 heavy (non-hydrogen) atoms. The van der Waals surface area contributed by atoms with Gasteiger partial charge < -0.3 is 0 Å². The molecule has 1 aromatic carbocycles. The summed E-state index contributed by atoms with van der Waals surface area (Å²) in [5.41, 5.74) is 0.628. The minimum Gasteiger partial charge on any atom is -0.215 e. The van der Waals surface area contributed by atoms with E-state index >= 15 is 0 Å². The lowest BCUT2D eigenvalue weighted by Crippen LogP contribution is -2.25. The molecule has 5 heteroatoms. The van der Waals surface area contributed by atoms with E-state index in [4.69, 9.17) is 11.6 Å². The van der Waals surface area contributed by atoms with Crippen LogP contribution < -0.4 is 4.72 Å². The van der Waals surface area contributed by atoms with Gasteiger partial charge in [-0.2, -0.15) is 0 Å². The van der Waals surface area contributed by atoms with Crippen molar-refractivity contribution in [2.45, 2.75) is 19.1 Å². The second-order valence-corrected chi connectivity index (χ2v) is 5.46. The quantitative estimate of drug-likeness (QED) is 0.867. The molecule has 0 saturated heterocycles. The van der Waals surface area contributed by atoms with Gasteiger partial charge in [0, 0.05) is 11.6 Å². The van der Waals surface area contributed by atoms with Gasteiger partial charge in [0.05, 0.1) is 5.75 Å². The smallest absolute Gasteiger partial charge is 0.215 e. The van der Waals surface area contributed by atoms with Crippen molar-refractivity contribution in [1.29, 1.82) is 0 Å². The summed E-state index contributed by atoms with van der Waals surface area (Å²) in [6, 6.07) is 6.95. The van der Waals surface area contributed by atoms with E-state index in [1.54, 1.807) is 24.3 Å². The van der Waals surface area contributed by atoms with Crippen molar-refractivity contribution in [2.75, 3.05) is 6.54 Å². The molecular weight excluding hydrogens is 234 g/mol. The zero-order chi connectivity index (χ0) is 11.3. The lowest BCUT2D eigenvalue weighted by Gasteiger charge is -2.06. The predicted octanol–water partition coefficient (Wildman–Crippen LogP) is 2.17. The molecule has 3 nitrogen and oxygen atoms in total. The first-order valence-electron chi connectivity index (χ1n) is 4.76. The number of rotatable bonds is 5. The minimum absolute atomic E-state index is 0.0628. The van der Waals surface area contributed by atoms with Crippen LogP contribution >= 0.6 is 11.6 Å². The van der Waals surface area contributed by atoms with Crippen molar-refractivity contribution in [2.24, 2.45) is 0 Å². The molecule has 0 aliphatic rings. The summed E-state index contributed by atoms with van der Waals surface area (Å²) in [7, 11) is -3.25. The minimum atomic E-state index is -3.25. The van der Waals surface area contributed by atoms with Crippen LogP contribution in [-0.2, 0) is 15.8 Å². The third kappa shape index (κ3) is 4.20. The number of halogens is 1. The molecule has 84 valence electrons. The lowest BCUT2D eigenvalue weighted by molar-refractivity contribution is 0.580. The van der Waals surface area contributed by atoms with E-state index < -0.39 is 10.0 Å². The lowest BCUT2D eigenvalue weighted by atomic mass is 10.2. The van der Waals surface area contributed by atoms with E-state index in [0.717, 1.165) is 6.42 Å². The Hall–Kier alpha value is -0.580. The van der Waals surface area contributed by atoms with Gasteiger partial charge in [-0.1, -0.05) is 36.7 Å². The van der Waals surface area contributed by atoms with Gasteiger partial charge in [0.1, 0.15) is 0 Å². The van der Waals surface area contributed by atoms with Crippen LogP contribution in [0.4, 0.5) is 0 Å². The van der Waals surface area contributed by atoms with Crippen LogP contribution in [0, 0.1) is 0 Å². The zero-order valence-electron chi connectivity index (χ0n) is 8.53. The molecule has 0 aliphatic heterocycles. The van der Waals surface area contributed by atoms with Crippen LogP contribution in [0.5, 0.6) is 0 Å². The Bertz CT molecular complexity index is 417. The molecule has 0 heterocycles. The molecule has 1 rings (SSSR count). The van der Waals surface area contributed by atoms with Crippen molar-refractivity contribution < 1.29 is 8.42 Å². The molecule has 0 spiro atoms. The van der Waals surface area contributed by atoms with E-state index in [1.807, 2.05) is 6.92 Å². The van der Waals surface area contributed by atoms with E-state index in [9.17, 15) is 8.42 Å². The van der Waals surface area contributed by atoms with Crippen molar-refractivity contribution in [3.8, 4) is 0 Å². The summed E-state index contributed by atoms with van der Waals surface area (Å²) in [5.74, 6) is -0.0628. The third-order valence-electron chi connectivity index (χ3n) is 1.88. The summed E-state index contributed by atoms with van der Waals surface area (Å²) in [5, 5.41) is 0.486. The molecule has 0 fully saturated rings. The topological polar surface area (TPSA) is 46.2 Å². The van der Waals surface area contributed by atoms with Crippen molar-refractivity contribution >= 4 is 21.6 Å². The molecule has 0 unspecified atom stereocenters. The number of sulfonamides is 1.